The summed E-state index contributed by atoms with van der Waals surface area (Å²) in [4.78, 5) is 11.9. The van der Waals surface area contributed by atoms with E-state index in [1.54, 1.807) is 6.07 Å². The van der Waals surface area contributed by atoms with Crippen LogP contribution < -0.4 is 4.74 Å². The number of hydrogen-bond acceptors (Lipinski definition) is 2. The molecule has 2 nitrogen and oxygen atoms in total. The molecule has 0 spiro atoms. The fourth-order valence-corrected chi connectivity index (χ4v) is 2.15. The van der Waals surface area contributed by atoms with Gasteiger partial charge in [0.25, 0.3) is 0 Å². The average Bonchev–Trinajstić information content (AvgIpc) is 2.39. The molecule has 1 unspecified atom stereocenters. The number of benzene rings is 1. The number of hydrogen-bond donors (Lipinski definition) is 0. The van der Waals surface area contributed by atoms with Crippen molar-refractivity contribution in [3.8, 4) is 5.75 Å². The highest BCUT2D eigenvalue weighted by molar-refractivity contribution is 5.98. The number of carbonyl (C=O) groups is 1. The minimum Gasteiger partial charge on any atom is -0.497 e. The van der Waals surface area contributed by atoms with Crippen LogP contribution in [-0.2, 0) is 6.42 Å². The van der Waals surface area contributed by atoms with Gasteiger partial charge in [0.05, 0.1) is 7.11 Å². The van der Waals surface area contributed by atoms with E-state index in [2.05, 4.69) is 0 Å². The first-order chi connectivity index (χ1) is 7.61. The molecule has 86 valence electrons. The van der Waals surface area contributed by atoms with Gasteiger partial charge in [-0.25, -0.2) is 4.39 Å². The van der Waals surface area contributed by atoms with Gasteiger partial charge in [0.2, 0.25) is 0 Å². The van der Waals surface area contributed by atoms with Crippen molar-refractivity contribution in [1.82, 2.24) is 0 Å². The van der Waals surface area contributed by atoms with E-state index in [0.717, 1.165) is 6.42 Å². The van der Waals surface area contributed by atoms with Gasteiger partial charge in [-0.2, -0.15) is 0 Å². The predicted molar refractivity (Wildman–Crippen MR) is 59.4 cm³/mol. The molecule has 0 aliphatic heterocycles. The third kappa shape index (κ3) is 1.94. The first kappa shape index (κ1) is 11.1. The van der Waals surface area contributed by atoms with E-state index in [9.17, 15) is 9.18 Å². The van der Waals surface area contributed by atoms with Gasteiger partial charge in [-0.05, 0) is 30.4 Å². The SMILES string of the molecule is COc1cc(F)c2c(c1)C(=O)CC(C)CC2. The summed E-state index contributed by atoms with van der Waals surface area (Å²) in [7, 11) is 1.48. The summed E-state index contributed by atoms with van der Waals surface area (Å²) in [6, 6.07) is 3.00. The van der Waals surface area contributed by atoms with Crippen LogP contribution in [-0.4, -0.2) is 12.9 Å². The summed E-state index contributed by atoms with van der Waals surface area (Å²) < 4.78 is 18.8. The monoisotopic (exact) mass is 222 g/mol. The first-order valence-corrected chi connectivity index (χ1v) is 5.51. The molecule has 0 saturated heterocycles. The van der Waals surface area contributed by atoms with E-state index in [1.165, 1.54) is 13.2 Å². The molecule has 1 aliphatic rings. The van der Waals surface area contributed by atoms with Gasteiger partial charge in [0, 0.05) is 18.1 Å². The first-order valence-electron chi connectivity index (χ1n) is 5.51. The molecule has 0 radical (unpaired) electrons. The number of ether oxygens (including phenoxy) is 1. The summed E-state index contributed by atoms with van der Waals surface area (Å²) in [5.74, 6) is 0.444. The smallest absolute Gasteiger partial charge is 0.163 e. The Kier molecular flexibility index (Phi) is 2.95. The Balaban J connectivity index is 2.51. The molecule has 0 fully saturated rings. The van der Waals surface area contributed by atoms with Crippen LogP contribution in [0.2, 0.25) is 0 Å². The van der Waals surface area contributed by atoms with Crippen LogP contribution in [0.1, 0.15) is 35.7 Å². The number of halogens is 1. The van der Waals surface area contributed by atoms with Gasteiger partial charge < -0.3 is 4.74 Å². The van der Waals surface area contributed by atoms with Crippen LogP contribution in [0.5, 0.6) is 5.75 Å². The molecule has 0 aromatic heterocycles. The van der Waals surface area contributed by atoms with E-state index < -0.39 is 0 Å². The lowest BCUT2D eigenvalue weighted by Gasteiger charge is -2.08. The summed E-state index contributed by atoms with van der Waals surface area (Å²) in [5.41, 5.74) is 1.05. The molecule has 0 N–H and O–H groups in total. The van der Waals surface area contributed by atoms with Crippen molar-refractivity contribution in [2.75, 3.05) is 7.11 Å². The van der Waals surface area contributed by atoms with Crippen molar-refractivity contribution in [3.63, 3.8) is 0 Å². The molecular formula is C13H15FO2. The second-order valence-electron chi connectivity index (χ2n) is 4.41. The number of Topliss-reactive ketones (excluding diaryl/α,β-unsaturated/α-hetero) is 1. The zero-order chi connectivity index (χ0) is 11.7. The van der Waals surface area contributed by atoms with Crippen LogP contribution in [0, 0.1) is 11.7 Å². The number of carbonyl (C=O) groups excluding carboxylic acids is 1. The molecule has 2 rings (SSSR count). The summed E-state index contributed by atoms with van der Waals surface area (Å²) in [5, 5.41) is 0. The highest BCUT2D eigenvalue weighted by Gasteiger charge is 2.23. The van der Waals surface area contributed by atoms with Crippen molar-refractivity contribution in [2.45, 2.75) is 26.2 Å². The van der Waals surface area contributed by atoms with E-state index >= 15 is 0 Å². The normalized spacial score (nSPS) is 20.2. The Morgan fingerprint density at radius 2 is 2.19 bits per heavy atom. The highest BCUT2D eigenvalue weighted by Crippen LogP contribution is 2.29. The molecule has 1 aromatic rings. The van der Waals surface area contributed by atoms with Gasteiger partial charge >= 0.3 is 0 Å². The quantitative estimate of drug-likeness (QED) is 0.683. The number of ketones is 1. The van der Waals surface area contributed by atoms with Gasteiger partial charge in [-0.3, -0.25) is 4.79 Å². The molecule has 3 heteroatoms. The third-order valence-electron chi connectivity index (χ3n) is 3.13. The number of fused-ring (bicyclic) bond motifs is 1. The highest BCUT2D eigenvalue weighted by atomic mass is 19.1. The standard InChI is InChI=1S/C13H15FO2/c1-8-3-4-10-11(13(15)5-8)6-9(16-2)7-12(10)14/h6-8H,3-5H2,1-2H3. The molecule has 0 heterocycles. The van der Waals surface area contributed by atoms with Crippen LogP contribution >= 0.6 is 0 Å². The van der Waals surface area contributed by atoms with Gasteiger partial charge in [0.1, 0.15) is 11.6 Å². The maximum Gasteiger partial charge on any atom is 0.163 e. The Morgan fingerprint density at radius 1 is 1.44 bits per heavy atom. The summed E-state index contributed by atoms with van der Waals surface area (Å²) in [6.07, 6.45) is 2.00. The van der Waals surface area contributed by atoms with Gasteiger partial charge in [0.15, 0.2) is 5.78 Å². The molecule has 0 saturated carbocycles. The summed E-state index contributed by atoms with van der Waals surface area (Å²) >= 11 is 0. The number of rotatable bonds is 1. The van der Waals surface area contributed by atoms with E-state index in [1.807, 2.05) is 6.92 Å². The molecule has 1 aromatic carbocycles. The maximum absolute atomic E-state index is 13.8. The predicted octanol–water partition coefficient (Wildman–Crippen LogP) is 2.99. The Hall–Kier alpha value is -1.38. The lowest BCUT2D eigenvalue weighted by Crippen LogP contribution is -2.05. The van der Waals surface area contributed by atoms with E-state index in [-0.39, 0.29) is 11.6 Å². The maximum atomic E-state index is 13.8. The van der Waals surface area contributed by atoms with Crippen molar-refractivity contribution in [2.24, 2.45) is 5.92 Å². The Morgan fingerprint density at radius 3 is 2.88 bits per heavy atom. The van der Waals surface area contributed by atoms with Crippen LogP contribution in [0.25, 0.3) is 0 Å². The second kappa shape index (κ2) is 4.24. The van der Waals surface area contributed by atoms with Gasteiger partial charge in [-0.1, -0.05) is 6.92 Å². The fourth-order valence-electron chi connectivity index (χ4n) is 2.15. The van der Waals surface area contributed by atoms with E-state index in [0.29, 0.717) is 35.6 Å². The van der Waals surface area contributed by atoms with Crippen molar-refractivity contribution < 1.29 is 13.9 Å². The lowest BCUT2D eigenvalue weighted by atomic mass is 10.0. The molecule has 1 atom stereocenters. The molecule has 16 heavy (non-hydrogen) atoms. The lowest BCUT2D eigenvalue weighted by molar-refractivity contribution is 0.0966. The zero-order valence-electron chi connectivity index (χ0n) is 9.55. The molecular weight excluding hydrogens is 207 g/mol. The molecule has 1 aliphatic carbocycles. The van der Waals surface area contributed by atoms with Crippen molar-refractivity contribution in [1.29, 1.82) is 0 Å². The van der Waals surface area contributed by atoms with Crippen LogP contribution in [0.3, 0.4) is 0 Å². The Bertz CT molecular complexity index is 426. The zero-order valence-corrected chi connectivity index (χ0v) is 9.55. The van der Waals surface area contributed by atoms with E-state index in [4.69, 9.17) is 4.74 Å². The average molecular weight is 222 g/mol. The number of methoxy groups -OCH3 is 1. The molecule has 0 bridgehead atoms. The second-order valence-corrected chi connectivity index (χ2v) is 4.41. The Labute approximate surface area is 94.4 Å². The van der Waals surface area contributed by atoms with Crippen LogP contribution in [0.15, 0.2) is 12.1 Å². The van der Waals surface area contributed by atoms with Gasteiger partial charge in [-0.15, -0.1) is 0 Å². The minimum atomic E-state index is -0.322. The van der Waals surface area contributed by atoms with Crippen LogP contribution in [0.4, 0.5) is 4.39 Å². The summed E-state index contributed by atoms with van der Waals surface area (Å²) in [6.45, 7) is 2.03. The minimum absolute atomic E-state index is 0.0257. The third-order valence-corrected chi connectivity index (χ3v) is 3.13. The fraction of sp³-hybridized carbons (Fsp3) is 0.462. The largest absolute Gasteiger partial charge is 0.497 e. The van der Waals surface area contributed by atoms with Crippen molar-refractivity contribution in [3.05, 3.63) is 29.1 Å². The molecule has 0 amide bonds. The van der Waals surface area contributed by atoms with Crippen molar-refractivity contribution >= 4 is 5.78 Å². The topological polar surface area (TPSA) is 26.3 Å².